The molecule has 1 aromatic carbocycles. The Morgan fingerprint density at radius 2 is 1.77 bits per heavy atom. The van der Waals surface area contributed by atoms with E-state index in [-0.39, 0.29) is 18.2 Å². The number of benzene rings is 1. The molecule has 0 spiro atoms. The number of anilines is 1. The van der Waals surface area contributed by atoms with E-state index in [4.69, 9.17) is 0 Å². The maximum Gasteiger partial charge on any atom is 0.307 e. The van der Waals surface area contributed by atoms with Crippen LogP contribution in [-0.2, 0) is 14.4 Å². The number of carboxylic acids is 2. The van der Waals surface area contributed by atoms with Gasteiger partial charge in [-0.05, 0) is 30.9 Å². The number of para-hydroxylation sites is 1. The fourth-order valence-electron chi connectivity index (χ4n) is 4.19. The average Bonchev–Trinajstić information content (AvgIpc) is 2.93. The van der Waals surface area contributed by atoms with Crippen LogP contribution in [0.4, 0.5) is 5.69 Å². The summed E-state index contributed by atoms with van der Waals surface area (Å²) in [4.78, 5) is 35.0. The summed E-state index contributed by atoms with van der Waals surface area (Å²) < 4.78 is 0. The summed E-state index contributed by atoms with van der Waals surface area (Å²) in [5.74, 6) is -3.99. The Hall–Kier alpha value is -2.37. The summed E-state index contributed by atoms with van der Waals surface area (Å²) in [6, 6.07) is 8.85. The summed E-state index contributed by atoms with van der Waals surface area (Å²) >= 11 is 0. The fourth-order valence-corrected chi connectivity index (χ4v) is 4.19. The van der Waals surface area contributed by atoms with Gasteiger partial charge in [-0.15, -0.1) is 0 Å². The lowest BCUT2D eigenvalue weighted by Crippen LogP contribution is -2.30. The molecule has 6 heteroatoms. The number of carbonyl (C=O) groups excluding carboxylic acids is 1. The van der Waals surface area contributed by atoms with Crippen molar-refractivity contribution in [3.8, 4) is 0 Å². The number of nitrogens with one attached hydrogen (secondary N) is 1. The lowest BCUT2D eigenvalue weighted by atomic mass is 9.84. The van der Waals surface area contributed by atoms with Crippen LogP contribution in [0.2, 0.25) is 0 Å². The third-order valence-electron chi connectivity index (χ3n) is 5.07. The molecule has 0 saturated heterocycles. The van der Waals surface area contributed by atoms with Crippen molar-refractivity contribution in [3.05, 3.63) is 30.3 Å². The van der Waals surface area contributed by atoms with Crippen LogP contribution in [0.5, 0.6) is 0 Å². The Morgan fingerprint density at radius 1 is 1.09 bits per heavy atom. The summed E-state index contributed by atoms with van der Waals surface area (Å²) in [6.45, 7) is 0. The van der Waals surface area contributed by atoms with Gasteiger partial charge in [0.25, 0.3) is 0 Å². The van der Waals surface area contributed by atoms with Gasteiger partial charge in [-0.1, -0.05) is 18.2 Å². The summed E-state index contributed by atoms with van der Waals surface area (Å²) in [6.07, 6.45) is 0.954. The molecule has 22 heavy (non-hydrogen) atoms. The molecule has 1 aromatic rings. The van der Waals surface area contributed by atoms with Crippen LogP contribution < -0.4 is 5.32 Å². The molecular weight excluding hydrogens is 286 g/mol. The fraction of sp³-hybridized carbons (Fsp3) is 0.438. The van der Waals surface area contributed by atoms with E-state index < -0.39 is 29.2 Å². The van der Waals surface area contributed by atoms with Gasteiger partial charge in [0.05, 0.1) is 11.8 Å². The van der Waals surface area contributed by atoms with Crippen LogP contribution in [0, 0.1) is 23.2 Å². The van der Waals surface area contributed by atoms with Crippen LogP contribution >= 0.6 is 0 Å². The van der Waals surface area contributed by atoms with Gasteiger partial charge >= 0.3 is 11.9 Å². The van der Waals surface area contributed by atoms with Crippen LogP contribution in [0.3, 0.4) is 0 Å². The first kappa shape index (κ1) is 14.6. The van der Waals surface area contributed by atoms with Crippen molar-refractivity contribution in [1.82, 2.24) is 0 Å². The van der Waals surface area contributed by atoms with E-state index in [9.17, 15) is 24.6 Å². The summed E-state index contributed by atoms with van der Waals surface area (Å²) in [5, 5.41) is 21.4. The zero-order valence-electron chi connectivity index (χ0n) is 11.9. The van der Waals surface area contributed by atoms with Crippen molar-refractivity contribution in [2.24, 2.45) is 23.2 Å². The van der Waals surface area contributed by atoms with Crippen molar-refractivity contribution in [2.75, 3.05) is 5.32 Å². The number of carboxylic acid groups (broad SMARTS) is 2. The van der Waals surface area contributed by atoms with E-state index in [0.29, 0.717) is 18.5 Å². The molecule has 0 aromatic heterocycles. The molecule has 2 fully saturated rings. The van der Waals surface area contributed by atoms with E-state index in [0.717, 1.165) is 0 Å². The Labute approximate surface area is 127 Å². The van der Waals surface area contributed by atoms with E-state index in [1.807, 2.05) is 6.07 Å². The summed E-state index contributed by atoms with van der Waals surface area (Å²) in [7, 11) is 0. The van der Waals surface area contributed by atoms with E-state index in [2.05, 4.69) is 5.32 Å². The van der Waals surface area contributed by atoms with Gasteiger partial charge in [0, 0.05) is 17.5 Å². The molecule has 3 N–H and O–H groups in total. The number of hydrogen-bond acceptors (Lipinski definition) is 3. The van der Waals surface area contributed by atoms with Gasteiger partial charge in [-0.2, -0.15) is 0 Å². The molecule has 2 aliphatic carbocycles. The number of aliphatic carboxylic acids is 2. The minimum Gasteiger partial charge on any atom is -0.481 e. The second-order valence-corrected chi connectivity index (χ2v) is 6.09. The highest BCUT2D eigenvalue weighted by Crippen LogP contribution is 2.72. The zero-order valence-corrected chi connectivity index (χ0v) is 11.9. The molecule has 1 amide bonds. The zero-order chi connectivity index (χ0) is 15.9. The van der Waals surface area contributed by atoms with Gasteiger partial charge in [0.1, 0.15) is 0 Å². The van der Waals surface area contributed by atoms with Crippen LogP contribution in [0.1, 0.15) is 19.3 Å². The van der Waals surface area contributed by atoms with Crippen LogP contribution in [0.25, 0.3) is 0 Å². The molecule has 0 aliphatic heterocycles. The molecule has 0 bridgehead atoms. The van der Waals surface area contributed by atoms with Crippen molar-refractivity contribution >= 4 is 23.5 Å². The Bertz CT molecular complexity index is 629. The lowest BCUT2D eigenvalue weighted by Gasteiger charge is -2.20. The molecule has 4 unspecified atom stereocenters. The van der Waals surface area contributed by atoms with Crippen molar-refractivity contribution in [2.45, 2.75) is 19.3 Å². The molecule has 6 nitrogen and oxygen atoms in total. The molecule has 4 atom stereocenters. The van der Waals surface area contributed by atoms with Crippen molar-refractivity contribution in [3.63, 3.8) is 0 Å². The highest BCUT2D eigenvalue weighted by Gasteiger charge is 2.76. The van der Waals surface area contributed by atoms with Gasteiger partial charge in [0.2, 0.25) is 5.91 Å². The predicted molar refractivity (Wildman–Crippen MR) is 77.1 cm³/mol. The number of fused-ring (bicyclic) bond motifs is 1. The number of amides is 1. The Morgan fingerprint density at radius 3 is 2.32 bits per heavy atom. The quantitative estimate of drug-likeness (QED) is 0.770. The first-order chi connectivity index (χ1) is 10.5. The van der Waals surface area contributed by atoms with Crippen LogP contribution in [-0.4, -0.2) is 28.1 Å². The molecule has 0 heterocycles. The van der Waals surface area contributed by atoms with E-state index in [1.54, 1.807) is 24.3 Å². The van der Waals surface area contributed by atoms with Gasteiger partial charge < -0.3 is 15.5 Å². The monoisotopic (exact) mass is 303 g/mol. The first-order valence-corrected chi connectivity index (χ1v) is 7.27. The average molecular weight is 303 g/mol. The largest absolute Gasteiger partial charge is 0.481 e. The molecule has 3 rings (SSSR count). The highest BCUT2D eigenvalue weighted by molar-refractivity contribution is 5.93. The second-order valence-electron chi connectivity index (χ2n) is 6.09. The molecular formula is C16H17NO5. The van der Waals surface area contributed by atoms with E-state index >= 15 is 0 Å². The lowest BCUT2D eigenvalue weighted by molar-refractivity contribution is -0.146. The highest BCUT2D eigenvalue weighted by atomic mass is 16.4. The number of carbonyl (C=O) groups is 3. The number of rotatable bonds is 5. The van der Waals surface area contributed by atoms with Crippen LogP contribution in [0.15, 0.2) is 30.3 Å². The van der Waals surface area contributed by atoms with Gasteiger partial charge in [-0.25, -0.2) is 0 Å². The van der Waals surface area contributed by atoms with Gasteiger partial charge in [-0.3, -0.25) is 14.4 Å². The maximum absolute atomic E-state index is 12.2. The predicted octanol–water partition coefficient (Wildman–Crippen LogP) is 1.83. The topological polar surface area (TPSA) is 104 Å². The minimum atomic E-state index is -1.00. The molecule has 2 aliphatic rings. The molecule has 116 valence electrons. The Balaban J connectivity index is 1.77. The third-order valence-corrected chi connectivity index (χ3v) is 5.07. The molecule has 0 radical (unpaired) electrons. The minimum absolute atomic E-state index is 0.0551. The smallest absolute Gasteiger partial charge is 0.307 e. The maximum atomic E-state index is 12.2. The van der Waals surface area contributed by atoms with E-state index in [1.165, 1.54) is 0 Å². The first-order valence-electron chi connectivity index (χ1n) is 7.27. The Kier molecular flexibility index (Phi) is 3.39. The van der Waals surface area contributed by atoms with Gasteiger partial charge in [0.15, 0.2) is 0 Å². The number of hydrogen-bond donors (Lipinski definition) is 3. The SMILES string of the molecule is O=C(CC12C(C(=O)O)CCC1C2C(=O)O)Nc1ccccc1. The normalized spacial score (nSPS) is 32.1. The van der Waals surface area contributed by atoms with Crippen molar-refractivity contribution < 1.29 is 24.6 Å². The third kappa shape index (κ3) is 2.15. The molecule has 2 saturated carbocycles. The summed E-state index contributed by atoms with van der Waals surface area (Å²) in [5.41, 5.74) is -0.297. The second kappa shape index (κ2) is 5.12. The van der Waals surface area contributed by atoms with Crippen molar-refractivity contribution in [1.29, 1.82) is 0 Å². The standard InChI is InChI=1S/C16H17NO5/c18-12(17-9-4-2-1-3-5-9)8-16-10(13(16)15(21)22)6-7-11(16)14(19)20/h1-5,10-11,13H,6-8H2,(H,17,18)(H,19,20)(H,21,22).